The molecule has 1 amide bonds. The van der Waals surface area contributed by atoms with Crippen LogP contribution in [0.3, 0.4) is 0 Å². The molecule has 28 heavy (non-hydrogen) atoms. The number of aromatic nitrogens is 1. The highest BCUT2D eigenvalue weighted by Gasteiger charge is 2.30. The van der Waals surface area contributed by atoms with Crippen molar-refractivity contribution in [3.8, 4) is 0 Å². The Hall–Kier alpha value is -1.87. The fourth-order valence-corrected chi connectivity index (χ4v) is 3.47. The van der Waals surface area contributed by atoms with E-state index in [1.807, 2.05) is 23.6 Å². The van der Waals surface area contributed by atoms with Crippen LogP contribution in [0.1, 0.15) is 35.6 Å². The summed E-state index contributed by atoms with van der Waals surface area (Å²) >= 11 is 0. The smallest absolute Gasteiger partial charge is 0.353 e. The number of alkyl halides is 3. The van der Waals surface area contributed by atoms with Crippen LogP contribution in [0.4, 0.5) is 13.2 Å². The number of Topliss-reactive ketones (excluding diaryl/α,β-unsaturated/α-hetero) is 1. The van der Waals surface area contributed by atoms with E-state index in [1.54, 1.807) is 13.8 Å². The molecule has 1 aromatic rings. The second-order valence-corrected chi connectivity index (χ2v) is 7.68. The highest BCUT2D eigenvalue weighted by Crippen LogP contribution is 2.23. The van der Waals surface area contributed by atoms with Gasteiger partial charge >= 0.3 is 6.18 Å². The van der Waals surface area contributed by atoms with Gasteiger partial charge in [0.1, 0.15) is 6.54 Å². The molecule has 6 nitrogen and oxygen atoms in total. The third kappa shape index (κ3) is 6.34. The number of rotatable bonds is 7. The Morgan fingerprint density at radius 3 is 2.11 bits per heavy atom. The van der Waals surface area contributed by atoms with Crippen molar-refractivity contribution < 1.29 is 22.8 Å². The number of carbonyl (C=O) groups excluding carboxylic acids is 2. The molecule has 0 spiro atoms. The average Bonchev–Trinajstić information content (AvgIpc) is 2.82. The van der Waals surface area contributed by atoms with E-state index in [0.29, 0.717) is 49.7 Å². The number of carbonyl (C=O) groups is 2. The molecule has 1 N–H and O–H groups in total. The van der Waals surface area contributed by atoms with Crippen LogP contribution in [0, 0.1) is 13.8 Å². The van der Waals surface area contributed by atoms with Gasteiger partial charge in [-0.05, 0) is 33.8 Å². The maximum Gasteiger partial charge on any atom is 0.406 e. The Labute approximate surface area is 163 Å². The second kappa shape index (κ2) is 9.09. The number of hydrogen-bond acceptors (Lipinski definition) is 4. The monoisotopic (exact) mass is 402 g/mol. The molecule has 1 aliphatic heterocycles. The fraction of sp³-hybridized carbons (Fsp3) is 0.684. The first kappa shape index (κ1) is 22.4. The Bertz CT molecular complexity index is 705. The van der Waals surface area contributed by atoms with E-state index in [4.69, 9.17) is 0 Å². The summed E-state index contributed by atoms with van der Waals surface area (Å²) in [6.45, 7) is 8.99. The van der Waals surface area contributed by atoms with Crippen molar-refractivity contribution in [1.82, 2.24) is 19.7 Å². The molecule has 0 radical (unpaired) electrons. The molecular formula is C19H29F3N4O2. The summed E-state index contributed by atoms with van der Waals surface area (Å²) in [7, 11) is 0. The summed E-state index contributed by atoms with van der Waals surface area (Å²) in [4.78, 5) is 28.5. The number of nitrogens with one attached hydrogen (secondary N) is 1. The van der Waals surface area contributed by atoms with Crippen molar-refractivity contribution in [2.75, 3.05) is 39.3 Å². The van der Waals surface area contributed by atoms with E-state index in [1.165, 1.54) is 6.07 Å². The third-order valence-electron chi connectivity index (χ3n) is 4.86. The van der Waals surface area contributed by atoms with E-state index in [-0.39, 0.29) is 24.3 Å². The normalized spacial score (nSPS) is 16.6. The number of ketones is 1. The number of hydrogen-bond donors (Lipinski definition) is 1. The molecule has 1 aromatic heterocycles. The van der Waals surface area contributed by atoms with Gasteiger partial charge in [0.25, 0.3) is 0 Å². The predicted octanol–water partition coefficient (Wildman–Crippen LogP) is 1.99. The molecule has 1 saturated heterocycles. The number of nitrogens with zero attached hydrogens (tertiary/aromatic N) is 3. The van der Waals surface area contributed by atoms with Gasteiger partial charge in [0.15, 0.2) is 5.78 Å². The molecule has 9 heteroatoms. The summed E-state index contributed by atoms with van der Waals surface area (Å²) < 4.78 is 39.3. The standard InChI is InChI=1S/C19H29F3N4O2/c1-13(2)23-18(28)11-25-7-5-24(6-8-25)10-17(27)16-9-14(3)26(15(16)4)12-19(20,21)22/h9,13H,5-8,10-12H2,1-4H3,(H,23,28). The van der Waals surface area contributed by atoms with Crippen LogP contribution in [-0.4, -0.2) is 77.5 Å². The van der Waals surface area contributed by atoms with Gasteiger partial charge in [0.2, 0.25) is 5.91 Å². The highest BCUT2D eigenvalue weighted by atomic mass is 19.4. The number of halogens is 3. The second-order valence-electron chi connectivity index (χ2n) is 7.68. The SMILES string of the molecule is Cc1cc(C(=O)CN2CCN(CC(=O)NC(C)C)CC2)c(C)n1CC(F)(F)F. The van der Waals surface area contributed by atoms with Gasteiger partial charge in [-0.1, -0.05) is 0 Å². The van der Waals surface area contributed by atoms with Gasteiger partial charge < -0.3 is 9.88 Å². The first-order valence-electron chi connectivity index (χ1n) is 9.47. The molecule has 2 rings (SSSR count). The van der Waals surface area contributed by atoms with Gasteiger partial charge in [-0.25, -0.2) is 0 Å². The molecule has 0 bridgehead atoms. The summed E-state index contributed by atoms with van der Waals surface area (Å²) in [5, 5.41) is 2.85. The fourth-order valence-electron chi connectivity index (χ4n) is 3.47. The van der Waals surface area contributed by atoms with Gasteiger partial charge in [-0.3, -0.25) is 19.4 Å². The largest absolute Gasteiger partial charge is 0.406 e. The quantitative estimate of drug-likeness (QED) is 0.709. The molecule has 0 atom stereocenters. The van der Waals surface area contributed by atoms with Crippen LogP contribution in [0.15, 0.2) is 6.07 Å². The van der Waals surface area contributed by atoms with Crippen LogP contribution in [0.5, 0.6) is 0 Å². The molecule has 1 aliphatic rings. The molecule has 0 saturated carbocycles. The number of amides is 1. The first-order chi connectivity index (χ1) is 13.0. The van der Waals surface area contributed by atoms with Crippen LogP contribution in [0.25, 0.3) is 0 Å². The highest BCUT2D eigenvalue weighted by molar-refractivity contribution is 5.99. The number of piperazine rings is 1. The average molecular weight is 402 g/mol. The van der Waals surface area contributed by atoms with Crippen LogP contribution >= 0.6 is 0 Å². The lowest BCUT2D eigenvalue weighted by Crippen LogP contribution is -2.51. The Balaban J connectivity index is 1.89. The Kier molecular flexibility index (Phi) is 7.28. The summed E-state index contributed by atoms with van der Waals surface area (Å²) in [6.07, 6.45) is -4.33. The zero-order valence-electron chi connectivity index (χ0n) is 16.9. The zero-order valence-corrected chi connectivity index (χ0v) is 16.9. The molecule has 0 aromatic carbocycles. The molecule has 0 unspecified atom stereocenters. The van der Waals surface area contributed by atoms with E-state index < -0.39 is 12.7 Å². The Morgan fingerprint density at radius 2 is 1.61 bits per heavy atom. The van der Waals surface area contributed by atoms with Crippen LogP contribution in [0.2, 0.25) is 0 Å². The van der Waals surface area contributed by atoms with E-state index in [0.717, 1.165) is 4.57 Å². The van der Waals surface area contributed by atoms with Crippen LogP contribution < -0.4 is 5.32 Å². The number of aryl methyl sites for hydroxylation is 1. The van der Waals surface area contributed by atoms with E-state index >= 15 is 0 Å². The lowest BCUT2D eigenvalue weighted by Gasteiger charge is -2.34. The molecule has 0 aliphatic carbocycles. The lowest BCUT2D eigenvalue weighted by atomic mass is 10.1. The summed E-state index contributed by atoms with van der Waals surface area (Å²) in [5.74, 6) is -0.191. The molecule has 2 heterocycles. The lowest BCUT2D eigenvalue weighted by molar-refractivity contribution is -0.141. The molecular weight excluding hydrogens is 373 g/mol. The minimum absolute atomic E-state index is 0.0170. The Morgan fingerprint density at radius 1 is 1.07 bits per heavy atom. The first-order valence-corrected chi connectivity index (χ1v) is 9.47. The van der Waals surface area contributed by atoms with Crippen molar-refractivity contribution in [2.24, 2.45) is 0 Å². The van der Waals surface area contributed by atoms with Crippen LogP contribution in [-0.2, 0) is 11.3 Å². The minimum Gasteiger partial charge on any atom is -0.353 e. The van der Waals surface area contributed by atoms with Gasteiger partial charge in [0.05, 0.1) is 13.1 Å². The van der Waals surface area contributed by atoms with Gasteiger partial charge in [-0.2, -0.15) is 13.2 Å². The van der Waals surface area contributed by atoms with Crippen molar-refractivity contribution in [3.05, 3.63) is 23.0 Å². The third-order valence-corrected chi connectivity index (χ3v) is 4.86. The predicted molar refractivity (Wildman–Crippen MR) is 100 cm³/mol. The molecule has 158 valence electrons. The zero-order chi connectivity index (χ0) is 21.1. The van der Waals surface area contributed by atoms with Crippen molar-refractivity contribution in [3.63, 3.8) is 0 Å². The van der Waals surface area contributed by atoms with Crippen molar-refractivity contribution in [1.29, 1.82) is 0 Å². The molecule has 1 fully saturated rings. The summed E-state index contributed by atoms with van der Waals surface area (Å²) in [5.41, 5.74) is 1.13. The van der Waals surface area contributed by atoms with E-state index in [2.05, 4.69) is 5.32 Å². The van der Waals surface area contributed by atoms with Gasteiger partial charge in [0, 0.05) is 49.2 Å². The van der Waals surface area contributed by atoms with E-state index in [9.17, 15) is 22.8 Å². The minimum atomic E-state index is -4.33. The van der Waals surface area contributed by atoms with Crippen molar-refractivity contribution >= 4 is 11.7 Å². The maximum atomic E-state index is 12.7. The van der Waals surface area contributed by atoms with Crippen molar-refractivity contribution in [2.45, 2.75) is 46.5 Å². The van der Waals surface area contributed by atoms with Gasteiger partial charge in [-0.15, -0.1) is 0 Å². The topological polar surface area (TPSA) is 57.6 Å². The maximum absolute atomic E-state index is 12.7. The summed E-state index contributed by atoms with van der Waals surface area (Å²) in [6, 6.07) is 1.64.